The van der Waals surface area contributed by atoms with Crippen LogP contribution in [0.5, 0.6) is 0 Å². The van der Waals surface area contributed by atoms with Crippen molar-refractivity contribution in [1.29, 1.82) is 0 Å². The zero-order chi connectivity index (χ0) is 17.4. The standard InChI is InChI=1S/C16H18ClN5O2/c1-10-11(17)5-4-6-12(10)18-7-8-22-9-19-14-13(22)15(23)21(3)16(24)20(14)2/h4-6,9,18H,7-8H2,1-3H3. The summed E-state index contributed by atoms with van der Waals surface area (Å²) in [7, 11) is 3.07. The van der Waals surface area contributed by atoms with Crippen molar-refractivity contribution in [2.24, 2.45) is 14.1 Å². The van der Waals surface area contributed by atoms with Gasteiger partial charge in [0.1, 0.15) is 0 Å². The fourth-order valence-electron chi connectivity index (χ4n) is 2.68. The van der Waals surface area contributed by atoms with Crippen molar-refractivity contribution in [2.75, 3.05) is 11.9 Å². The van der Waals surface area contributed by atoms with Crippen LogP contribution < -0.4 is 16.6 Å². The summed E-state index contributed by atoms with van der Waals surface area (Å²) in [6, 6.07) is 5.68. The first-order valence-corrected chi connectivity index (χ1v) is 7.89. The Kier molecular flexibility index (Phi) is 4.19. The third-order valence-corrected chi connectivity index (χ3v) is 4.56. The first-order chi connectivity index (χ1) is 11.4. The second-order valence-corrected chi connectivity index (χ2v) is 6.06. The van der Waals surface area contributed by atoms with Crippen LogP contribution in [0.25, 0.3) is 11.2 Å². The van der Waals surface area contributed by atoms with Crippen molar-refractivity contribution < 1.29 is 0 Å². The number of nitrogens with zero attached hydrogens (tertiary/aromatic N) is 4. The molecular formula is C16H18ClN5O2. The van der Waals surface area contributed by atoms with Gasteiger partial charge in [0.05, 0.1) is 6.33 Å². The second kappa shape index (κ2) is 6.16. The molecular weight excluding hydrogens is 330 g/mol. The summed E-state index contributed by atoms with van der Waals surface area (Å²) in [6.45, 7) is 3.08. The van der Waals surface area contributed by atoms with Gasteiger partial charge in [0.2, 0.25) is 0 Å². The summed E-state index contributed by atoms with van der Waals surface area (Å²) in [5, 5.41) is 4.01. The number of aromatic nitrogens is 4. The largest absolute Gasteiger partial charge is 0.383 e. The molecule has 0 fully saturated rings. The number of nitrogens with one attached hydrogen (secondary N) is 1. The summed E-state index contributed by atoms with van der Waals surface area (Å²) in [6.07, 6.45) is 1.58. The Hall–Kier alpha value is -2.54. The van der Waals surface area contributed by atoms with Gasteiger partial charge in [-0.25, -0.2) is 9.78 Å². The number of aryl methyl sites for hydroxylation is 1. The van der Waals surface area contributed by atoms with Crippen LogP contribution in [0.1, 0.15) is 5.56 Å². The Bertz CT molecular complexity index is 1030. The highest BCUT2D eigenvalue weighted by Crippen LogP contribution is 2.22. The first-order valence-electron chi connectivity index (χ1n) is 7.51. The average molecular weight is 348 g/mol. The lowest BCUT2D eigenvalue weighted by Gasteiger charge is -2.11. The monoisotopic (exact) mass is 347 g/mol. The molecule has 3 rings (SSSR count). The molecule has 0 bridgehead atoms. The molecule has 0 saturated heterocycles. The number of halogens is 1. The molecule has 1 aromatic carbocycles. The molecule has 2 heterocycles. The van der Waals surface area contributed by atoms with Gasteiger partial charge >= 0.3 is 5.69 Å². The smallest absolute Gasteiger partial charge is 0.332 e. The molecule has 1 N–H and O–H groups in total. The summed E-state index contributed by atoms with van der Waals surface area (Å²) in [5.41, 5.74) is 2.02. The molecule has 8 heteroatoms. The number of rotatable bonds is 4. The van der Waals surface area contributed by atoms with Crippen LogP contribution in [-0.2, 0) is 20.6 Å². The van der Waals surface area contributed by atoms with E-state index in [0.29, 0.717) is 29.3 Å². The molecule has 0 spiro atoms. The van der Waals surface area contributed by atoms with Gasteiger partial charge in [0.15, 0.2) is 11.2 Å². The van der Waals surface area contributed by atoms with Crippen molar-refractivity contribution in [1.82, 2.24) is 18.7 Å². The van der Waals surface area contributed by atoms with Crippen molar-refractivity contribution in [3.05, 3.63) is 56.0 Å². The van der Waals surface area contributed by atoms with E-state index in [-0.39, 0.29) is 11.2 Å². The maximum absolute atomic E-state index is 12.4. The van der Waals surface area contributed by atoms with E-state index in [9.17, 15) is 9.59 Å². The van der Waals surface area contributed by atoms with E-state index >= 15 is 0 Å². The van der Waals surface area contributed by atoms with Crippen molar-refractivity contribution in [2.45, 2.75) is 13.5 Å². The highest BCUT2D eigenvalue weighted by atomic mass is 35.5. The minimum atomic E-state index is -0.384. The number of imidazole rings is 1. The number of hydrogen-bond donors (Lipinski definition) is 1. The molecule has 0 amide bonds. The lowest BCUT2D eigenvalue weighted by atomic mass is 10.2. The fraction of sp³-hybridized carbons (Fsp3) is 0.312. The van der Waals surface area contributed by atoms with Crippen LogP contribution in [0.4, 0.5) is 5.69 Å². The predicted octanol–water partition coefficient (Wildman–Crippen LogP) is 1.51. The zero-order valence-electron chi connectivity index (χ0n) is 13.7. The first kappa shape index (κ1) is 16.3. The van der Waals surface area contributed by atoms with Crippen LogP contribution in [0.2, 0.25) is 5.02 Å². The molecule has 24 heavy (non-hydrogen) atoms. The van der Waals surface area contributed by atoms with Gasteiger partial charge < -0.3 is 9.88 Å². The van der Waals surface area contributed by atoms with Crippen LogP contribution in [0.15, 0.2) is 34.1 Å². The highest BCUT2D eigenvalue weighted by molar-refractivity contribution is 6.31. The summed E-state index contributed by atoms with van der Waals surface area (Å²) >= 11 is 6.11. The summed E-state index contributed by atoms with van der Waals surface area (Å²) < 4.78 is 4.22. The predicted molar refractivity (Wildman–Crippen MR) is 94.9 cm³/mol. The Balaban J connectivity index is 1.88. The average Bonchev–Trinajstić information content (AvgIpc) is 2.99. The van der Waals surface area contributed by atoms with Crippen LogP contribution >= 0.6 is 11.6 Å². The van der Waals surface area contributed by atoms with E-state index in [1.54, 1.807) is 17.9 Å². The highest BCUT2D eigenvalue weighted by Gasteiger charge is 2.13. The maximum atomic E-state index is 12.4. The van der Waals surface area contributed by atoms with E-state index in [2.05, 4.69) is 10.3 Å². The minimum absolute atomic E-state index is 0.343. The quantitative estimate of drug-likeness (QED) is 0.776. The van der Waals surface area contributed by atoms with Crippen molar-refractivity contribution in [3.63, 3.8) is 0 Å². The molecule has 0 aliphatic heterocycles. The number of fused-ring (bicyclic) bond motifs is 1. The van der Waals surface area contributed by atoms with Crippen molar-refractivity contribution in [3.8, 4) is 0 Å². The lowest BCUT2D eigenvalue weighted by molar-refractivity contribution is 0.695. The van der Waals surface area contributed by atoms with E-state index in [4.69, 9.17) is 11.6 Å². The number of anilines is 1. The van der Waals surface area contributed by atoms with Crippen LogP contribution in [-0.4, -0.2) is 25.2 Å². The summed E-state index contributed by atoms with van der Waals surface area (Å²) in [4.78, 5) is 28.5. The zero-order valence-corrected chi connectivity index (χ0v) is 14.5. The Labute approximate surface area is 143 Å². The molecule has 7 nitrogen and oxygen atoms in total. The Morgan fingerprint density at radius 1 is 1.21 bits per heavy atom. The SMILES string of the molecule is Cc1c(Cl)cccc1NCCn1cnc2c1c(=O)n(C)c(=O)n2C. The molecule has 0 aliphatic rings. The molecule has 0 atom stereocenters. The van der Waals surface area contributed by atoms with Crippen molar-refractivity contribution >= 4 is 28.5 Å². The van der Waals surface area contributed by atoms with Crippen LogP contribution in [0.3, 0.4) is 0 Å². The van der Waals surface area contributed by atoms with Gasteiger partial charge in [-0.05, 0) is 24.6 Å². The Morgan fingerprint density at radius 2 is 1.96 bits per heavy atom. The minimum Gasteiger partial charge on any atom is -0.383 e. The van der Waals surface area contributed by atoms with E-state index in [1.807, 2.05) is 25.1 Å². The maximum Gasteiger partial charge on any atom is 0.332 e. The van der Waals surface area contributed by atoms with Gasteiger partial charge in [0.25, 0.3) is 5.56 Å². The van der Waals surface area contributed by atoms with Gasteiger partial charge in [-0.15, -0.1) is 0 Å². The second-order valence-electron chi connectivity index (χ2n) is 5.66. The lowest BCUT2D eigenvalue weighted by Crippen LogP contribution is -2.37. The van der Waals surface area contributed by atoms with E-state index in [1.165, 1.54) is 11.6 Å². The fourth-order valence-corrected chi connectivity index (χ4v) is 2.85. The molecule has 0 unspecified atom stereocenters. The van der Waals surface area contributed by atoms with E-state index < -0.39 is 0 Å². The number of hydrogen-bond acceptors (Lipinski definition) is 4. The molecule has 0 saturated carbocycles. The van der Waals surface area contributed by atoms with Gasteiger partial charge in [-0.3, -0.25) is 13.9 Å². The van der Waals surface area contributed by atoms with Crippen LogP contribution in [0, 0.1) is 6.92 Å². The molecule has 0 radical (unpaired) electrons. The normalized spacial score (nSPS) is 11.2. The molecule has 2 aromatic heterocycles. The Morgan fingerprint density at radius 3 is 2.71 bits per heavy atom. The van der Waals surface area contributed by atoms with Gasteiger partial charge in [0, 0.05) is 37.9 Å². The van der Waals surface area contributed by atoms with Gasteiger partial charge in [-0.1, -0.05) is 17.7 Å². The van der Waals surface area contributed by atoms with E-state index in [0.717, 1.165) is 15.8 Å². The molecule has 0 aliphatic carbocycles. The molecule has 3 aromatic rings. The third-order valence-electron chi connectivity index (χ3n) is 4.15. The number of benzene rings is 1. The summed E-state index contributed by atoms with van der Waals surface area (Å²) in [5.74, 6) is 0. The van der Waals surface area contributed by atoms with Gasteiger partial charge in [-0.2, -0.15) is 0 Å². The topological polar surface area (TPSA) is 73.8 Å². The third kappa shape index (κ3) is 2.60. The molecule has 126 valence electrons.